The summed E-state index contributed by atoms with van der Waals surface area (Å²) in [5, 5.41) is 9.65. The summed E-state index contributed by atoms with van der Waals surface area (Å²) >= 11 is 0. The molecule has 4 nitrogen and oxygen atoms in total. The van der Waals surface area contributed by atoms with E-state index in [-0.39, 0.29) is 5.41 Å². The summed E-state index contributed by atoms with van der Waals surface area (Å²) in [4.78, 5) is 6.85. The summed E-state index contributed by atoms with van der Waals surface area (Å²) in [7, 11) is 0. The molecule has 0 spiro atoms. The van der Waals surface area contributed by atoms with Gasteiger partial charge in [0.1, 0.15) is 5.82 Å². The zero-order chi connectivity index (χ0) is 11.7. The Morgan fingerprint density at radius 3 is 2.88 bits per heavy atom. The summed E-state index contributed by atoms with van der Waals surface area (Å²) in [5.74, 6) is 1.17. The zero-order valence-electron chi connectivity index (χ0n) is 10.3. The van der Waals surface area contributed by atoms with Crippen LogP contribution in [0, 0.1) is 5.41 Å². The lowest BCUT2D eigenvalue weighted by atomic mass is 9.86. The van der Waals surface area contributed by atoms with Crippen LogP contribution >= 0.6 is 0 Å². The van der Waals surface area contributed by atoms with Gasteiger partial charge in [-0.2, -0.15) is 0 Å². The second-order valence-electron chi connectivity index (χ2n) is 5.61. The highest BCUT2D eigenvalue weighted by atomic mass is 16.3. The Labute approximate surface area is 102 Å². The Hall–Kier alpha value is -0.870. The number of aliphatic hydroxyl groups is 1. The van der Waals surface area contributed by atoms with E-state index in [2.05, 4.69) is 20.6 Å². The Kier molecular flexibility index (Phi) is 2.92. The van der Waals surface area contributed by atoms with Crippen LogP contribution in [0.1, 0.15) is 31.5 Å². The minimum Gasteiger partial charge on any atom is -0.396 e. The molecule has 4 heteroatoms. The van der Waals surface area contributed by atoms with Crippen molar-refractivity contribution in [2.24, 2.45) is 5.41 Å². The molecule has 2 heterocycles. The number of hydrogen-bond donors (Lipinski definition) is 1. The van der Waals surface area contributed by atoms with Crippen LogP contribution in [0.5, 0.6) is 0 Å². The van der Waals surface area contributed by atoms with Gasteiger partial charge in [-0.05, 0) is 12.8 Å². The number of rotatable bonds is 3. The van der Waals surface area contributed by atoms with Crippen LogP contribution in [-0.4, -0.2) is 39.3 Å². The van der Waals surface area contributed by atoms with Gasteiger partial charge >= 0.3 is 0 Å². The van der Waals surface area contributed by atoms with E-state index in [1.165, 1.54) is 31.5 Å². The van der Waals surface area contributed by atoms with Gasteiger partial charge in [0.2, 0.25) is 0 Å². The summed E-state index contributed by atoms with van der Waals surface area (Å²) < 4.78 is 2.23. The molecule has 1 aromatic rings. The largest absolute Gasteiger partial charge is 0.396 e. The molecule has 2 aliphatic rings. The van der Waals surface area contributed by atoms with Crippen molar-refractivity contribution in [3.63, 3.8) is 0 Å². The monoisotopic (exact) mass is 235 g/mol. The van der Waals surface area contributed by atoms with Crippen molar-refractivity contribution < 1.29 is 5.11 Å². The van der Waals surface area contributed by atoms with Crippen LogP contribution in [0.25, 0.3) is 0 Å². The molecule has 1 aliphatic heterocycles. The molecule has 0 aromatic carbocycles. The third kappa shape index (κ3) is 2.11. The quantitative estimate of drug-likeness (QED) is 0.857. The standard InChI is InChI=1S/C13H21N3O/c17-11-13(3-1-2-4-13)10-15-7-8-16-6-5-14-12(16)9-15/h5-6,17H,1-4,7-11H2. The van der Waals surface area contributed by atoms with E-state index in [1.54, 1.807) is 0 Å². The van der Waals surface area contributed by atoms with Crippen LogP contribution < -0.4 is 0 Å². The highest BCUT2D eigenvalue weighted by Gasteiger charge is 2.35. The first kappa shape index (κ1) is 11.2. The number of hydrogen-bond acceptors (Lipinski definition) is 3. The van der Waals surface area contributed by atoms with Crippen molar-refractivity contribution in [3.8, 4) is 0 Å². The van der Waals surface area contributed by atoms with Gasteiger partial charge in [0.15, 0.2) is 0 Å². The van der Waals surface area contributed by atoms with E-state index in [1.807, 2.05) is 6.20 Å². The number of aliphatic hydroxyl groups excluding tert-OH is 1. The van der Waals surface area contributed by atoms with E-state index in [9.17, 15) is 5.11 Å². The van der Waals surface area contributed by atoms with E-state index < -0.39 is 0 Å². The molecule has 1 aliphatic carbocycles. The van der Waals surface area contributed by atoms with E-state index in [0.717, 1.165) is 26.2 Å². The molecule has 94 valence electrons. The lowest BCUT2D eigenvalue weighted by molar-refractivity contribution is 0.0654. The van der Waals surface area contributed by atoms with E-state index >= 15 is 0 Å². The highest BCUT2D eigenvalue weighted by Crippen LogP contribution is 2.38. The molecule has 3 rings (SSSR count). The second-order valence-corrected chi connectivity index (χ2v) is 5.61. The summed E-state index contributed by atoms with van der Waals surface area (Å²) in [6.07, 6.45) is 8.88. The number of imidazole rings is 1. The van der Waals surface area contributed by atoms with Gasteiger partial charge in [0, 0.05) is 44.0 Å². The van der Waals surface area contributed by atoms with E-state index in [0.29, 0.717) is 6.61 Å². The van der Waals surface area contributed by atoms with Crippen LogP contribution in [-0.2, 0) is 13.1 Å². The summed E-state index contributed by atoms with van der Waals surface area (Å²) in [6, 6.07) is 0. The molecule has 0 saturated heterocycles. The van der Waals surface area contributed by atoms with Crippen molar-refractivity contribution >= 4 is 0 Å². The van der Waals surface area contributed by atoms with Gasteiger partial charge in [0.25, 0.3) is 0 Å². The van der Waals surface area contributed by atoms with Gasteiger partial charge in [-0.15, -0.1) is 0 Å². The fraction of sp³-hybridized carbons (Fsp3) is 0.769. The molecule has 1 aromatic heterocycles. The van der Waals surface area contributed by atoms with Gasteiger partial charge in [0.05, 0.1) is 6.54 Å². The molecule has 1 saturated carbocycles. The van der Waals surface area contributed by atoms with Crippen molar-refractivity contribution in [3.05, 3.63) is 18.2 Å². The summed E-state index contributed by atoms with van der Waals surface area (Å²) in [5.41, 5.74) is 0.175. The number of nitrogens with zero attached hydrogens (tertiary/aromatic N) is 3. The Morgan fingerprint density at radius 2 is 2.12 bits per heavy atom. The second kappa shape index (κ2) is 4.42. The predicted octanol–water partition coefficient (Wildman–Crippen LogP) is 1.25. The lowest BCUT2D eigenvalue weighted by Crippen LogP contribution is -2.42. The molecule has 0 bridgehead atoms. The average Bonchev–Trinajstić information content (AvgIpc) is 2.97. The molecule has 0 unspecified atom stereocenters. The average molecular weight is 235 g/mol. The fourth-order valence-electron chi connectivity index (χ4n) is 3.32. The predicted molar refractivity (Wildman–Crippen MR) is 65.5 cm³/mol. The Morgan fingerprint density at radius 1 is 1.29 bits per heavy atom. The van der Waals surface area contributed by atoms with Crippen LogP contribution in [0.4, 0.5) is 0 Å². The molecule has 0 radical (unpaired) electrons. The normalized spacial score (nSPS) is 23.8. The molecule has 17 heavy (non-hydrogen) atoms. The SMILES string of the molecule is OCC1(CN2CCn3ccnc3C2)CCCC1. The molecule has 0 amide bonds. The third-order valence-electron chi connectivity index (χ3n) is 4.38. The van der Waals surface area contributed by atoms with Crippen LogP contribution in [0.3, 0.4) is 0 Å². The topological polar surface area (TPSA) is 41.3 Å². The Bertz CT molecular complexity index is 382. The minimum absolute atomic E-state index is 0.175. The van der Waals surface area contributed by atoms with Gasteiger partial charge in [-0.1, -0.05) is 12.8 Å². The van der Waals surface area contributed by atoms with Crippen molar-refractivity contribution in [2.75, 3.05) is 19.7 Å². The van der Waals surface area contributed by atoms with Gasteiger partial charge in [-0.25, -0.2) is 4.98 Å². The highest BCUT2D eigenvalue weighted by molar-refractivity contribution is 4.97. The zero-order valence-corrected chi connectivity index (χ0v) is 10.3. The minimum atomic E-state index is 0.175. The van der Waals surface area contributed by atoms with Crippen molar-refractivity contribution in [1.82, 2.24) is 14.5 Å². The van der Waals surface area contributed by atoms with Gasteiger partial charge < -0.3 is 9.67 Å². The van der Waals surface area contributed by atoms with Crippen molar-refractivity contribution in [2.45, 2.75) is 38.8 Å². The Balaban J connectivity index is 1.67. The maximum absolute atomic E-state index is 9.65. The summed E-state index contributed by atoms with van der Waals surface area (Å²) in [6.45, 7) is 4.45. The molecule has 0 atom stereocenters. The van der Waals surface area contributed by atoms with Gasteiger partial charge in [-0.3, -0.25) is 4.90 Å². The molecule has 1 fully saturated rings. The first-order valence-corrected chi connectivity index (χ1v) is 6.65. The molecular formula is C13H21N3O. The number of fused-ring (bicyclic) bond motifs is 1. The molecular weight excluding hydrogens is 214 g/mol. The first-order chi connectivity index (χ1) is 8.31. The van der Waals surface area contributed by atoms with Crippen molar-refractivity contribution in [1.29, 1.82) is 0 Å². The maximum Gasteiger partial charge on any atom is 0.122 e. The van der Waals surface area contributed by atoms with Crippen LogP contribution in [0.15, 0.2) is 12.4 Å². The first-order valence-electron chi connectivity index (χ1n) is 6.65. The maximum atomic E-state index is 9.65. The third-order valence-corrected chi connectivity index (χ3v) is 4.38. The molecule has 1 N–H and O–H groups in total. The lowest BCUT2D eigenvalue weighted by Gasteiger charge is -2.36. The fourth-order valence-corrected chi connectivity index (χ4v) is 3.32. The number of aromatic nitrogens is 2. The smallest absolute Gasteiger partial charge is 0.122 e. The van der Waals surface area contributed by atoms with E-state index in [4.69, 9.17) is 0 Å². The van der Waals surface area contributed by atoms with Crippen LogP contribution in [0.2, 0.25) is 0 Å².